The number of anilines is 3. The van der Waals surface area contributed by atoms with Crippen LogP contribution < -0.4 is 16.4 Å². The SMILES string of the molecule is Nc1ccc(NC(=O)Nc2cc(-c3ccccc3)on2)cc1Cl. The van der Waals surface area contributed by atoms with Crippen LogP contribution in [0.5, 0.6) is 0 Å². The Balaban J connectivity index is 1.66. The zero-order valence-electron chi connectivity index (χ0n) is 11.9. The van der Waals surface area contributed by atoms with Gasteiger partial charge in [-0.3, -0.25) is 5.32 Å². The first-order chi connectivity index (χ1) is 11.1. The van der Waals surface area contributed by atoms with Gasteiger partial charge in [0.15, 0.2) is 11.6 Å². The summed E-state index contributed by atoms with van der Waals surface area (Å²) in [4.78, 5) is 11.9. The summed E-state index contributed by atoms with van der Waals surface area (Å²) < 4.78 is 5.21. The lowest BCUT2D eigenvalue weighted by Gasteiger charge is -2.06. The Kier molecular flexibility index (Phi) is 4.16. The second kappa shape index (κ2) is 6.41. The molecule has 1 aromatic heterocycles. The maximum absolute atomic E-state index is 11.9. The molecule has 0 bridgehead atoms. The fourth-order valence-electron chi connectivity index (χ4n) is 1.96. The van der Waals surface area contributed by atoms with Crippen LogP contribution in [0.1, 0.15) is 0 Å². The van der Waals surface area contributed by atoms with E-state index in [2.05, 4.69) is 15.8 Å². The molecule has 0 atom stereocenters. The van der Waals surface area contributed by atoms with Crippen molar-refractivity contribution in [1.29, 1.82) is 0 Å². The van der Waals surface area contributed by atoms with E-state index in [0.29, 0.717) is 28.0 Å². The van der Waals surface area contributed by atoms with E-state index in [1.54, 1.807) is 24.3 Å². The molecule has 0 aliphatic heterocycles. The topological polar surface area (TPSA) is 93.2 Å². The Morgan fingerprint density at radius 2 is 1.87 bits per heavy atom. The van der Waals surface area contributed by atoms with Gasteiger partial charge in [0, 0.05) is 17.3 Å². The highest BCUT2D eigenvalue weighted by molar-refractivity contribution is 6.33. The van der Waals surface area contributed by atoms with Crippen LogP contribution in [0, 0.1) is 0 Å². The van der Waals surface area contributed by atoms with E-state index in [-0.39, 0.29) is 0 Å². The average molecular weight is 329 g/mol. The monoisotopic (exact) mass is 328 g/mol. The van der Waals surface area contributed by atoms with Crippen molar-refractivity contribution in [2.75, 3.05) is 16.4 Å². The van der Waals surface area contributed by atoms with Gasteiger partial charge in [0.2, 0.25) is 0 Å². The first-order valence-corrected chi connectivity index (χ1v) is 7.15. The van der Waals surface area contributed by atoms with E-state index in [9.17, 15) is 4.79 Å². The third-order valence-electron chi connectivity index (χ3n) is 3.07. The number of nitrogens with zero attached hydrogens (tertiary/aromatic N) is 1. The van der Waals surface area contributed by atoms with Gasteiger partial charge in [0.1, 0.15) is 0 Å². The van der Waals surface area contributed by atoms with E-state index in [1.165, 1.54) is 0 Å². The quantitative estimate of drug-likeness (QED) is 0.627. The first kappa shape index (κ1) is 14.9. The molecule has 116 valence electrons. The Bertz CT molecular complexity index is 833. The Morgan fingerprint density at radius 3 is 2.61 bits per heavy atom. The van der Waals surface area contributed by atoms with Crippen molar-refractivity contribution >= 4 is 34.8 Å². The molecule has 1 heterocycles. The second-order valence-electron chi connectivity index (χ2n) is 4.76. The summed E-state index contributed by atoms with van der Waals surface area (Å²) in [6.07, 6.45) is 0. The van der Waals surface area contributed by atoms with Crippen molar-refractivity contribution < 1.29 is 9.32 Å². The number of amides is 2. The third kappa shape index (κ3) is 3.61. The molecule has 2 amide bonds. The van der Waals surface area contributed by atoms with Gasteiger partial charge in [-0.2, -0.15) is 0 Å². The van der Waals surface area contributed by atoms with Crippen molar-refractivity contribution in [3.8, 4) is 11.3 Å². The number of rotatable bonds is 3. The van der Waals surface area contributed by atoms with Crippen molar-refractivity contribution in [2.24, 2.45) is 0 Å². The summed E-state index contributed by atoms with van der Waals surface area (Å²) in [5, 5.41) is 9.40. The zero-order chi connectivity index (χ0) is 16.2. The van der Waals surface area contributed by atoms with Crippen LogP contribution in [0.15, 0.2) is 59.1 Å². The minimum absolute atomic E-state index is 0.308. The molecule has 0 spiro atoms. The largest absolute Gasteiger partial charge is 0.398 e. The molecule has 23 heavy (non-hydrogen) atoms. The van der Waals surface area contributed by atoms with Gasteiger partial charge >= 0.3 is 6.03 Å². The molecular formula is C16H13ClN4O2. The number of nitrogens with two attached hydrogens (primary N) is 1. The van der Waals surface area contributed by atoms with Crippen LogP contribution in [0.4, 0.5) is 22.0 Å². The van der Waals surface area contributed by atoms with Gasteiger partial charge < -0.3 is 15.6 Å². The second-order valence-corrected chi connectivity index (χ2v) is 5.17. The van der Waals surface area contributed by atoms with E-state index >= 15 is 0 Å². The molecule has 0 fully saturated rings. The van der Waals surface area contributed by atoms with Gasteiger partial charge in [0.05, 0.1) is 10.7 Å². The number of urea groups is 1. The highest BCUT2D eigenvalue weighted by Crippen LogP contribution is 2.24. The smallest absolute Gasteiger partial charge is 0.324 e. The van der Waals surface area contributed by atoms with Crippen LogP contribution >= 0.6 is 11.6 Å². The number of nitrogens with one attached hydrogen (secondary N) is 2. The predicted octanol–water partition coefficient (Wildman–Crippen LogP) is 4.22. The van der Waals surface area contributed by atoms with Gasteiger partial charge in [-0.05, 0) is 18.2 Å². The van der Waals surface area contributed by atoms with Gasteiger partial charge in [0.25, 0.3) is 0 Å². The Labute approximate surface area is 137 Å². The molecule has 2 aromatic carbocycles. The summed E-state index contributed by atoms with van der Waals surface area (Å²) in [6, 6.07) is 15.5. The van der Waals surface area contributed by atoms with Crippen molar-refractivity contribution in [1.82, 2.24) is 5.16 Å². The normalized spacial score (nSPS) is 10.3. The van der Waals surface area contributed by atoms with Crippen LogP contribution in [-0.2, 0) is 0 Å². The molecule has 6 nitrogen and oxygen atoms in total. The highest BCUT2D eigenvalue weighted by Gasteiger charge is 2.10. The van der Waals surface area contributed by atoms with Gasteiger partial charge in [-0.15, -0.1) is 0 Å². The molecule has 3 rings (SSSR count). The number of nitrogen functional groups attached to an aromatic ring is 1. The van der Waals surface area contributed by atoms with Crippen molar-refractivity contribution in [3.05, 3.63) is 59.6 Å². The zero-order valence-corrected chi connectivity index (χ0v) is 12.7. The highest BCUT2D eigenvalue weighted by atomic mass is 35.5. The van der Waals surface area contributed by atoms with E-state index in [1.807, 2.05) is 30.3 Å². The summed E-state index contributed by atoms with van der Waals surface area (Å²) in [5.41, 5.74) is 7.46. The molecule has 0 unspecified atom stereocenters. The Hall–Kier alpha value is -2.99. The summed E-state index contributed by atoms with van der Waals surface area (Å²) in [7, 11) is 0. The van der Waals surface area contributed by atoms with Gasteiger partial charge in [-0.25, -0.2) is 4.79 Å². The minimum atomic E-state index is -0.459. The number of benzene rings is 2. The van der Waals surface area contributed by atoms with Crippen LogP contribution in [0.2, 0.25) is 5.02 Å². The fourth-order valence-corrected chi connectivity index (χ4v) is 2.14. The lowest BCUT2D eigenvalue weighted by Crippen LogP contribution is -2.19. The molecule has 4 N–H and O–H groups in total. The van der Waals surface area contributed by atoms with Crippen LogP contribution in [0.3, 0.4) is 0 Å². The van der Waals surface area contributed by atoms with Crippen LogP contribution in [-0.4, -0.2) is 11.2 Å². The predicted molar refractivity (Wildman–Crippen MR) is 90.4 cm³/mol. The van der Waals surface area contributed by atoms with Crippen LogP contribution in [0.25, 0.3) is 11.3 Å². The maximum atomic E-state index is 11.9. The number of halogens is 1. The molecule has 0 radical (unpaired) electrons. The fraction of sp³-hybridized carbons (Fsp3) is 0. The molecule has 0 aliphatic carbocycles. The Morgan fingerprint density at radius 1 is 1.09 bits per heavy atom. The molecular weight excluding hydrogens is 316 g/mol. The lowest BCUT2D eigenvalue weighted by atomic mass is 10.2. The molecule has 0 saturated carbocycles. The van der Waals surface area contributed by atoms with Crippen molar-refractivity contribution in [3.63, 3.8) is 0 Å². The van der Waals surface area contributed by atoms with E-state index < -0.39 is 6.03 Å². The molecule has 3 aromatic rings. The summed E-state index contributed by atoms with van der Waals surface area (Å²) >= 11 is 5.90. The number of carbonyl (C=O) groups is 1. The number of aromatic nitrogens is 1. The lowest BCUT2D eigenvalue weighted by molar-refractivity contribution is 0.262. The maximum Gasteiger partial charge on any atom is 0.324 e. The van der Waals surface area contributed by atoms with Crippen molar-refractivity contribution in [2.45, 2.75) is 0 Å². The number of carbonyl (C=O) groups excluding carboxylic acids is 1. The average Bonchev–Trinajstić information content (AvgIpc) is 3.00. The summed E-state index contributed by atoms with van der Waals surface area (Å²) in [5.74, 6) is 0.874. The molecule has 0 saturated heterocycles. The standard InChI is InChI=1S/C16H13ClN4O2/c17-12-8-11(6-7-13(12)18)19-16(22)20-15-9-14(23-21-15)10-4-2-1-3-5-10/h1-9H,18H2,(H2,19,20,21,22). The molecule has 0 aliphatic rings. The third-order valence-corrected chi connectivity index (χ3v) is 3.40. The minimum Gasteiger partial charge on any atom is -0.398 e. The summed E-state index contributed by atoms with van der Waals surface area (Å²) in [6.45, 7) is 0. The van der Waals surface area contributed by atoms with E-state index in [4.69, 9.17) is 21.9 Å². The molecule has 7 heteroatoms. The van der Waals surface area contributed by atoms with Gasteiger partial charge in [-0.1, -0.05) is 47.1 Å². The number of hydrogen-bond donors (Lipinski definition) is 3. The first-order valence-electron chi connectivity index (χ1n) is 6.77. The van der Waals surface area contributed by atoms with E-state index in [0.717, 1.165) is 5.56 Å². The number of hydrogen-bond acceptors (Lipinski definition) is 4.